The number of unbranched alkanes of at least 4 members (excludes halogenated alkanes) is 1. The lowest BCUT2D eigenvalue weighted by Gasteiger charge is -2.09. The molecule has 1 aromatic carbocycles. The first kappa shape index (κ1) is 16.0. The average molecular weight is 283 g/mol. The van der Waals surface area contributed by atoms with Crippen LogP contribution < -0.4 is 5.32 Å². The average Bonchev–Trinajstić information content (AvgIpc) is 2.37. The van der Waals surface area contributed by atoms with E-state index < -0.39 is 22.3 Å². The molecule has 0 spiro atoms. The van der Waals surface area contributed by atoms with E-state index in [-0.39, 0.29) is 5.56 Å². The quantitative estimate of drug-likeness (QED) is 0.470. The van der Waals surface area contributed by atoms with Crippen molar-refractivity contribution < 1.29 is 14.1 Å². The Morgan fingerprint density at radius 3 is 2.70 bits per heavy atom. The van der Waals surface area contributed by atoms with E-state index in [0.29, 0.717) is 6.54 Å². The van der Waals surface area contributed by atoms with Gasteiger partial charge in [-0.25, -0.2) is 4.39 Å². The molecule has 1 aromatic rings. The van der Waals surface area contributed by atoms with Crippen molar-refractivity contribution in [3.63, 3.8) is 0 Å². The molecule has 0 aliphatic rings. The molecule has 0 aliphatic heterocycles. The van der Waals surface area contributed by atoms with Gasteiger partial charge in [-0.1, -0.05) is 0 Å². The van der Waals surface area contributed by atoms with Crippen LogP contribution in [0.5, 0.6) is 0 Å². The van der Waals surface area contributed by atoms with Gasteiger partial charge in [0.1, 0.15) is 11.4 Å². The van der Waals surface area contributed by atoms with Crippen LogP contribution in [0.4, 0.5) is 10.1 Å². The third-order valence-electron chi connectivity index (χ3n) is 2.72. The third kappa shape index (κ3) is 4.93. The SMILES string of the molecule is CN(C)CCCCNC(=O)c1cc(F)ccc1[N+](=O)[O-]. The summed E-state index contributed by atoms with van der Waals surface area (Å²) in [6, 6.07) is 2.84. The first-order valence-electron chi connectivity index (χ1n) is 6.28. The number of hydrogen-bond acceptors (Lipinski definition) is 4. The normalized spacial score (nSPS) is 10.6. The topological polar surface area (TPSA) is 75.5 Å². The Labute approximate surface area is 116 Å². The molecule has 1 N–H and O–H groups in total. The van der Waals surface area contributed by atoms with Crippen LogP contribution in [-0.2, 0) is 0 Å². The fourth-order valence-corrected chi connectivity index (χ4v) is 1.70. The zero-order chi connectivity index (χ0) is 15.1. The summed E-state index contributed by atoms with van der Waals surface area (Å²) in [6.07, 6.45) is 1.66. The van der Waals surface area contributed by atoms with Crippen LogP contribution in [-0.4, -0.2) is 42.9 Å². The Morgan fingerprint density at radius 2 is 2.10 bits per heavy atom. The molecule has 0 saturated heterocycles. The van der Waals surface area contributed by atoms with Crippen LogP contribution in [0.1, 0.15) is 23.2 Å². The van der Waals surface area contributed by atoms with Gasteiger partial charge in [0.05, 0.1) is 4.92 Å². The molecule has 0 aliphatic carbocycles. The molecule has 0 saturated carbocycles. The highest BCUT2D eigenvalue weighted by molar-refractivity contribution is 5.98. The highest BCUT2D eigenvalue weighted by Crippen LogP contribution is 2.19. The maximum Gasteiger partial charge on any atom is 0.282 e. The number of benzene rings is 1. The molecule has 0 fully saturated rings. The lowest BCUT2D eigenvalue weighted by Crippen LogP contribution is -2.26. The van der Waals surface area contributed by atoms with Crippen molar-refractivity contribution in [2.24, 2.45) is 0 Å². The smallest absolute Gasteiger partial charge is 0.282 e. The van der Waals surface area contributed by atoms with Crippen LogP contribution in [0, 0.1) is 15.9 Å². The van der Waals surface area contributed by atoms with Gasteiger partial charge in [0, 0.05) is 12.6 Å². The highest BCUT2D eigenvalue weighted by atomic mass is 19.1. The molecule has 0 bridgehead atoms. The van der Waals surface area contributed by atoms with E-state index in [9.17, 15) is 19.3 Å². The molecule has 0 unspecified atom stereocenters. The second-order valence-corrected chi connectivity index (χ2v) is 4.68. The molecule has 1 rings (SSSR count). The molecule has 0 heterocycles. The molecule has 0 aromatic heterocycles. The van der Waals surface area contributed by atoms with E-state index in [1.165, 1.54) is 0 Å². The molecule has 1 amide bonds. The summed E-state index contributed by atoms with van der Waals surface area (Å²) in [5.41, 5.74) is -0.639. The second-order valence-electron chi connectivity index (χ2n) is 4.68. The summed E-state index contributed by atoms with van der Waals surface area (Å²) in [5, 5.41) is 13.4. The van der Waals surface area contributed by atoms with Crippen molar-refractivity contribution in [1.29, 1.82) is 0 Å². The zero-order valence-corrected chi connectivity index (χ0v) is 11.6. The monoisotopic (exact) mass is 283 g/mol. The lowest BCUT2D eigenvalue weighted by molar-refractivity contribution is -0.385. The van der Waals surface area contributed by atoms with E-state index >= 15 is 0 Å². The number of nitrogens with one attached hydrogen (secondary N) is 1. The molecule has 20 heavy (non-hydrogen) atoms. The van der Waals surface area contributed by atoms with Crippen LogP contribution >= 0.6 is 0 Å². The minimum Gasteiger partial charge on any atom is -0.352 e. The minimum absolute atomic E-state index is 0.248. The standard InChI is InChI=1S/C13H18FN3O3/c1-16(2)8-4-3-7-15-13(18)11-9-10(14)5-6-12(11)17(19)20/h5-6,9H,3-4,7-8H2,1-2H3,(H,15,18). The maximum absolute atomic E-state index is 13.1. The van der Waals surface area contributed by atoms with Gasteiger partial charge in [-0.15, -0.1) is 0 Å². The van der Waals surface area contributed by atoms with Crippen molar-refractivity contribution in [1.82, 2.24) is 10.2 Å². The Morgan fingerprint density at radius 1 is 1.40 bits per heavy atom. The Bertz CT molecular complexity index is 492. The lowest BCUT2D eigenvalue weighted by atomic mass is 10.1. The molecule has 0 atom stereocenters. The van der Waals surface area contributed by atoms with E-state index in [2.05, 4.69) is 5.32 Å². The molecular weight excluding hydrogens is 265 g/mol. The number of nitrogens with zero attached hydrogens (tertiary/aromatic N) is 2. The van der Waals surface area contributed by atoms with E-state index in [0.717, 1.165) is 37.6 Å². The van der Waals surface area contributed by atoms with Crippen LogP contribution in [0.15, 0.2) is 18.2 Å². The molecular formula is C13H18FN3O3. The van der Waals surface area contributed by atoms with Gasteiger partial charge in [-0.3, -0.25) is 14.9 Å². The van der Waals surface area contributed by atoms with Gasteiger partial charge in [-0.2, -0.15) is 0 Å². The van der Waals surface area contributed by atoms with Crippen LogP contribution in [0.25, 0.3) is 0 Å². The van der Waals surface area contributed by atoms with Crippen LogP contribution in [0.2, 0.25) is 0 Å². The predicted molar refractivity (Wildman–Crippen MR) is 73.2 cm³/mol. The van der Waals surface area contributed by atoms with Gasteiger partial charge < -0.3 is 10.2 Å². The summed E-state index contributed by atoms with van der Waals surface area (Å²) in [4.78, 5) is 23.9. The minimum atomic E-state index is -0.694. The molecule has 110 valence electrons. The van der Waals surface area contributed by atoms with E-state index in [4.69, 9.17) is 0 Å². The Balaban J connectivity index is 2.59. The Hall–Kier alpha value is -2.02. The number of nitro groups is 1. The van der Waals surface area contributed by atoms with Gasteiger partial charge in [-0.05, 0) is 45.6 Å². The number of carbonyl (C=O) groups is 1. The third-order valence-corrected chi connectivity index (χ3v) is 2.72. The first-order chi connectivity index (χ1) is 9.41. The van der Waals surface area contributed by atoms with Crippen molar-refractivity contribution >= 4 is 11.6 Å². The van der Waals surface area contributed by atoms with Crippen molar-refractivity contribution in [3.8, 4) is 0 Å². The van der Waals surface area contributed by atoms with Gasteiger partial charge in [0.25, 0.3) is 11.6 Å². The van der Waals surface area contributed by atoms with Crippen molar-refractivity contribution in [2.75, 3.05) is 27.2 Å². The zero-order valence-electron chi connectivity index (χ0n) is 11.6. The fourth-order valence-electron chi connectivity index (χ4n) is 1.70. The summed E-state index contributed by atoms with van der Waals surface area (Å²) in [6.45, 7) is 1.30. The highest BCUT2D eigenvalue weighted by Gasteiger charge is 2.20. The van der Waals surface area contributed by atoms with E-state index in [1.54, 1.807) is 0 Å². The number of carbonyl (C=O) groups excluding carboxylic acids is 1. The molecule has 0 radical (unpaired) electrons. The van der Waals surface area contributed by atoms with Gasteiger partial charge in [0.2, 0.25) is 0 Å². The number of amides is 1. The summed E-state index contributed by atoms with van der Waals surface area (Å²) < 4.78 is 13.1. The maximum atomic E-state index is 13.1. The molecule has 7 heteroatoms. The summed E-state index contributed by atoms with van der Waals surface area (Å²) in [7, 11) is 3.91. The van der Waals surface area contributed by atoms with Crippen molar-refractivity contribution in [2.45, 2.75) is 12.8 Å². The molecule has 6 nitrogen and oxygen atoms in total. The Kier molecular flexibility index (Phi) is 6.05. The second kappa shape index (κ2) is 7.54. The summed E-state index contributed by atoms with van der Waals surface area (Å²) in [5.74, 6) is -1.30. The number of rotatable bonds is 7. The largest absolute Gasteiger partial charge is 0.352 e. The van der Waals surface area contributed by atoms with Crippen molar-refractivity contribution in [3.05, 3.63) is 39.7 Å². The number of halogens is 1. The van der Waals surface area contributed by atoms with Gasteiger partial charge in [0.15, 0.2) is 0 Å². The number of hydrogen-bond donors (Lipinski definition) is 1. The number of nitro benzene ring substituents is 1. The first-order valence-corrected chi connectivity index (χ1v) is 6.28. The predicted octanol–water partition coefficient (Wildman–Crippen LogP) is 1.81. The van der Waals surface area contributed by atoms with Gasteiger partial charge >= 0.3 is 0 Å². The summed E-state index contributed by atoms with van der Waals surface area (Å²) >= 11 is 0. The van der Waals surface area contributed by atoms with Crippen LogP contribution in [0.3, 0.4) is 0 Å². The fraction of sp³-hybridized carbons (Fsp3) is 0.462. The van der Waals surface area contributed by atoms with E-state index in [1.807, 2.05) is 19.0 Å².